The summed E-state index contributed by atoms with van der Waals surface area (Å²) in [7, 11) is 0. The molecular formula is C21H12N2O3. The molecule has 0 radical (unpaired) electrons. The molecule has 1 heterocycles. The van der Waals surface area contributed by atoms with Crippen LogP contribution in [0.25, 0.3) is 38.8 Å². The Labute approximate surface area is 147 Å². The molecule has 0 amide bonds. The molecule has 0 atom stereocenters. The van der Waals surface area contributed by atoms with Crippen LogP contribution in [0, 0.1) is 0 Å². The van der Waals surface area contributed by atoms with Crippen molar-refractivity contribution in [3.63, 3.8) is 0 Å². The molecule has 5 heteroatoms. The maximum atomic E-state index is 13.0. The highest BCUT2D eigenvalue weighted by molar-refractivity contribution is 6.13. The van der Waals surface area contributed by atoms with Crippen molar-refractivity contribution in [2.75, 3.05) is 0 Å². The smallest absolute Gasteiger partial charge is 0.335 e. The van der Waals surface area contributed by atoms with E-state index in [9.17, 15) is 9.59 Å². The van der Waals surface area contributed by atoms with Gasteiger partial charge >= 0.3 is 5.97 Å². The standard InChI is InChI=1S/C21H12N2O3/c24-20-17-7-3-6-15-14-4-1-2-5-16(14)19(18(15)17)22-23(20)13-10-8-12(9-11-13)21(25)26/h1-11H,(H,25,26). The van der Waals surface area contributed by atoms with Gasteiger partial charge in [-0.05, 0) is 41.5 Å². The third kappa shape index (κ3) is 1.88. The zero-order valence-corrected chi connectivity index (χ0v) is 13.5. The summed E-state index contributed by atoms with van der Waals surface area (Å²) < 4.78 is 1.34. The first kappa shape index (κ1) is 14.6. The minimum atomic E-state index is -1.01. The second kappa shape index (κ2) is 5.13. The molecule has 124 valence electrons. The number of carboxylic acids is 1. The monoisotopic (exact) mass is 340 g/mol. The molecule has 0 fully saturated rings. The zero-order valence-electron chi connectivity index (χ0n) is 13.5. The Kier molecular flexibility index (Phi) is 2.88. The van der Waals surface area contributed by atoms with Gasteiger partial charge in [-0.2, -0.15) is 9.78 Å². The third-order valence-electron chi connectivity index (χ3n) is 4.76. The second-order valence-electron chi connectivity index (χ2n) is 6.19. The summed E-state index contributed by atoms with van der Waals surface area (Å²) in [6.45, 7) is 0. The maximum absolute atomic E-state index is 13.0. The van der Waals surface area contributed by atoms with Crippen molar-refractivity contribution in [1.82, 2.24) is 9.78 Å². The van der Waals surface area contributed by atoms with Gasteiger partial charge in [0.15, 0.2) is 0 Å². The highest BCUT2D eigenvalue weighted by Gasteiger charge is 2.25. The fourth-order valence-electron chi connectivity index (χ4n) is 3.55. The Hall–Kier alpha value is -3.73. The molecule has 1 aliphatic rings. The van der Waals surface area contributed by atoms with Crippen molar-refractivity contribution in [1.29, 1.82) is 0 Å². The first-order valence-electron chi connectivity index (χ1n) is 8.15. The number of aromatic carboxylic acids is 1. The minimum absolute atomic E-state index is 0.166. The van der Waals surface area contributed by atoms with Crippen LogP contribution in [0.2, 0.25) is 0 Å². The van der Waals surface area contributed by atoms with E-state index in [0.29, 0.717) is 11.1 Å². The summed E-state index contributed by atoms with van der Waals surface area (Å²) in [4.78, 5) is 24.1. The molecule has 1 N–H and O–H groups in total. The number of hydrogen-bond donors (Lipinski definition) is 1. The highest BCUT2D eigenvalue weighted by atomic mass is 16.4. The van der Waals surface area contributed by atoms with Crippen LogP contribution in [0.1, 0.15) is 10.4 Å². The molecule has 0 spiro atoms. The van der Waals surface area contributed by atoms with E-state index in [1.807, 2.05) is 36.4 Å². The van der Waals surface area contributed by atoms with Crippen LogP contribution in [0.3, 0.4) is 0 Å². The van der Waals surface area contributed by atoms with Crippen molar-refractivity contribution in [2.24, 2.45) is 0 Å². The molecule has 1 aliphatic carbocycles. The SMILES string of the molecule is O=C(O)c1ccc(-n2nc3c4c(cccc4c2=O)-c2ccccc2-3)cc1. The number of hydrogen-bond acceptors (Lipinski definition) is 3. The molecular weight excluding hydrogens is 328 g/mol. The van der Waals surface area contributed by atoms with Crippen molar-refractivity contribution in [2.45, 2.75) is 0 Å². The van der Waals surface area contributed by atoms with Gasteiger partial charge < -0.3 is 5.11 Å². The Morgan fingerprint density at radius 3 is 2.27 bits per heavy atom. The van der Waals surface area contributed by atoms with Crippen LogP contribution in [0.15, 0.2) is 71.5 Å². The first-order valence-corrected chi connectivity index (χ1v) is 8.15. The van der Waals surface area contributed by atoms with Gasteiger partial charge in [0.25, 0.3) is 5.56 Å². The number of aromatic nitrogens is 2. The van der Waals surface area contributed by atoms with E-state index >= 15 is 0 Å². The largest absolute Gasteiger partial charge is 0.478 e. The number of carbonyl (C=O) groups is 1. The lowest BCUT2D eigenvalue weighted by molar-refractivity contribution is 0.0697. The van der Waals surface area contributed by atoms with Gasteiger partial charge in [-0.25, -0.2) is 4.79 Å². The van der Waals surface area contributed by atoms with Gasteiger partial charge in [0.05, 0.1) is 16.6 Å². The molecule has 4 aromatic rings. The van der Waals surface area contributed by atoms with Crippen LogP contribution >= 0.6 is 0 Å². The summed E-state index contributed by atoms with van der Waals surface area (Å²) in [5.74, 6) is -1.01. The topological polar surface area (TPSA) is 72.2 Å². The predicted molar refractivity (Wildman–Crippen MR) is 98.7 cm³/mol. The number of benzene rings is 3. The third-order valence-corrected chi connectivity index (χ3v) is 4.76. The molecule has 1 aromatic heterocycles. The maximum Gasteiger partial charge on any atom is 0.335 e. The van der Waals surface area contributed by atoms with E-state index in [2.05, 4.69) is 5.10 Å². The number of carboxylic acid groups (broad SMARTS) is 1. The van der Waals surface area contributed by atoms with E-state index in [1.165, 1.54) is 16.8 Å². The average molecular weight is 340 g/mol. The summed E-state index contributed by atoms with van der Waals surface area (Å²) >= 11 is 0. The van der Waals surface area contributed by atoms with Gasteiger partial charge in [0.2, 0.25) is 0 Å². The molecule has 0 unspecified atom stereocenters. The van der Waals surface area contributed by atoms with Crippen molar-refractivity contribution in [3.05, 3.63) is 82.6 Å². The van der Waals surface area contributed by atoms with Crippen molar-refractivity contribution in [3.8, 4) is 28.1 Å². The Bertz CT molecular complexity index is 1270. The molecule has 0 aliphatic heterocycles. The van der Waals surface area contributed by atoms with Crippen LogP contribution in [0.5, 0.6) is 0 Å². The quantitative estimate of drug-likeness (QED) is 0.531. The summed E-state index contributed by atoms with van der Waals surface area (Å²) in [6, 6.07) is 19.8. The van der Waals surface area contributed by atoms with Gasteiger partial charge in [-0.3, -0.25) is 4.79 Å². The number of nitrogens with zero attached hydrogens (tertiary/aromatic N) is 2. The lowest BCUT2D eigenvalue weighted by Gasteiger charge is -2.09. The fourth-order valence-corrected chi connectivity index (χ4v) is 3.55. The van der Waals surface area contributed by atoms with E-state index in [1.54, 1.807) is 18.2 Å². The zero-order chi connectivity index (χ0) is 17.8. The molecule has 5 rings (SSSR count). The van der Waals surface area contributed by atoms with Crippen LogP contribution in [-0.2, 0) is 0 Å². The Balaban J connectivity index is 1.83. The van der Waals surface area contributed by atoms with Gasteiger partial charge in [0.1, 0.15) is 5.69 Å². The van der Waals surface area contributed by atoms with E-state index < -0.39 is 5.97 Å². The van der Waals surface area contributed by atoms with Crippen LogP contribution in [-0.4, -0.2) is 20.9 Å². The highest BCUT2D eigenvalue weighted by Crippen LogP contribution is 2.44. The predicted octanol–water partition coefficient (Wildman–Crippen LogP) is 3.73. The van der Waals surface area contributed by atoms with Crippen LogP contribution < -0.4 is 5.56 Å². The second-order valence-corrected chi connectivity index (χ2v) is 6.19. The summed E-state index contributed by atoms with van der Waals surface area (Å²) in [6.07, 6.45) is 0. The fraction of sp³-hybridized carbons (Fsp3) is 0. The normalized spacial score (nSPS) is 11.5. The molecule has 3 aromatic carbocycles. The molecule has 0 bridgehead atoms. The minimum Gasteiger partial charge on any atom is -0.478 e. The molecule has 0 saturated heterocycles. The van der Waals surface area contributed by atoms with E-state index in [0.717, 1.165) is 27.8 Å². The number of fused-ring (bicyclic) bond motifs is 3. The summed E-state index contributed by atoms with van der Waals surface area (Å²) in [5, 5.41) is 15.1. The van der Waals surface area contributed by atoms with Crippen molar-refractivity contribution < 1.29 is 9.90 Å². The molecule has 5 nitrogen and oxygen atoms in total. The molecule has 0 saturated carbocycles. The van der Waals surface area contributed by atoms with E-state index in [4.69, 9.17) is 5.11 Å². The van der Waals surface area contributed by atoms with Gasteiger partial charge in [-0.1, -0.05) is 36.4 Å². The summed E-state index contributed by atoms with van der Waals surface area (Å²) in [5.41, 5.74) is 4.34. The molecule has 26 heavy (non-hydrogen) atoms. The Morgan fingerprint density at radius 1 is 0.846 bits per heavy atom. The van der Waals surface area contributed by atoms with E-state index in [-0.39, 0.29) is 11.1 Å². The van der Waals surface area contributed by atoms with Crippen molar-refractivity contribution >= 4 is 16.7 Å². The lowest BCUT2D eigenvalue weighted by atomic mass is 10.0. The lowest BCUT2D eigenvalue weighted by Crippen LogP contribution is -2.21. The van der Waals surface area contributed by atoms with Gasteiger partial charge in [-0.15, -0.1) is 0 Å². The van der Waals surface area contributed by atoms with Crippen LogP contribution in [0.4, 0.5) is 0 Å². The first-order chi connectivity index (χ1) is 12.6. The Morgan fingerprint density at radius 2 is 1.54 bits per heavy atom. The van der Waals surface area contributed by atoms with Gasteiger partial charge in [0, 0.05) is 10.9 Å². The number of rotatable bonds is 2. The average Bonchev–Trinajstić information content (AvgIpc) is 3.00.